The van der Waals surface area contributed by atoms with Crippen LogP contribution in [0.2, 0.25) is 5.15 Å². The van der Waals surface area contributed by atoms with Gasteiger partial charge in [0.2, 0.25) is 5.95 Å². The Kier molecular flexibility index (Phi) is 4.89. The normalized spacial score (nSPS) is 14.8. The van der Waals surface area contributed by atoms with E-state index in [9.17, 15) is 4.79 Å². The van der Waals surface area contributed by atoms with E-state index in [2.05, 4.69) is 21.9 Å². The number of ether oxygens (including phenoxy) is 1. The number of aromatic amines is 1. The molecule has 1 aliphatic heterocycles. The smallest absolute Gasteiger partial charge is 0.410 e. The van der Waals surface area contributed by atoms with Crippen molar-refractivity contribution in [1.82, 2.24) is 19.9 Å². The van der Waals surface area contributed by atoms with Gasteiger partial charge in [0.05, 0.1) is 12.0 Å². The van der Waals surface area contributed by atoms with Crippen molar-refractivity contribution >= 4 is 40.2 Å². The standard InChI is InChI=1S/C16H20ClN5O2/c1-2-3-8-24-16(23)22-6-4-10(5-7-22)12-9-11-13(17)20-15(18)21-14(11)19-12/h4,9H,2-3,5-8H2,1H3,(H3,18,19,20,21). The number of halogens is 1. The van der Waals surface area contributed by atoms with E-state index >= 15 is 0 Å². The average Bonchev–Trinajstić information content (AvgIpc) is 2.99. The number of carbonyl (C=O) groups is 1. The number of nitrogens with zero attached hydrogens (tertiary/aromatic N) is 3. The lowest BCUT2D eigenvalue weighted by Gasteiger charge is -2.25. The van der Waals surface area contributed by atoms with Crippen LogP contribution in [-0.2, 0) is 4.74 Å². The molecule has 0 spiro atoms. The van der Waals surface area contributed by atoms with Gasteiger partial charge in [0.15, 0.2) is 0 Å². The molecule has 128 valence electrons. The van der Waals surface area contributed by atoms with E-state index < -0.39 is 0 Å². The van der Waals surface area contributed by atoms with Crippen molar-refractivity contribution < 1.29 is 9.53 Å². The lowest BCUT2D eigenvalue weighted by molar-refractivity contribution is 0.105. The number of nitrogens with one attached hydrogen (secondary N) is 1. The lowest BCUT2D eigenvalue weighted by Crippen LogP contribution is -2.35. The molecule has 0 saturated heterocycles. The van der Waals surface area contributed by atoms with Crippen LogP contribution in [0, 0.1) is 0 Å². The molecule has 0 radical (unpaired) electrons. The lowest BCUT2D eigenvalue weighted by atomic mass is 10.1. The van der Waals surface area contributed by atoms with Gasteiger partial charge >= 0.3 is 6.09 Å². The van der Waals surface area contributed by atoms with Crippen LogP contribution in [0.5, 0.6) is 0 Å². The number of hydrogen-bond acceptors (Lipinski definition) is 5. The number of unbranched alkanes of at least 4 members (excludes halogenated alkanes) is 1. The first-order chi connectivity index (χ1) is 11.6. The highest BCUT2D eigenvalue weighted by Crippen LogP contribution is 2.28. The molecule has 1 aliphatic rings. The van der Waals surface area contributed by atoms with Gasteiger partial charge in [-0.2, -0.15) is 4.98 Å². The van der Waals surface area contributed by atoms with Crippen LogP contribution in [0.1, 0.15) is 31.9 Å². The Morgan fingerprint density at radius 3 is 3.04 bits per heavy atom. The quantitative estimate of drug-likeness (QED) is 0.652. The maximum absolute atomic E-state index is 12.0. The fourth-order valence-corrected chi connectivity index (χ4v) is 2.87. The third kappa shape index (κ3) is 3.46. The number of hydrogen-bond donors (Lipinski definition) is 2. The number of nitrogens with two attached hydrogens (primary N) is 1. The van der Waals surface area contributed by atoms with E-state index in [0.717, 1.165) is 35.9 Å². The Hall–Kier alpha value is -2.28. The van der Waals surface area contributed by atoms with Crippen molar-refractivity contribution in [3.05, 3.63) is 23.0 Å². The minimum atomic E-state index is -0.253. The van der Waals surface area contributed by atoms with Crippen LogP contribution >= 0.6 is 11.6 Å². The van der Waals surface area contributed by atoms with Crippen molar-refractivity contribution in [2.45, 2.75) is 26.2 Å². The zero-order chi connectivity index (χ0) is 17.1. The van der Waals surface area contributed by atoms with Gasteiger partial charge in [0.25, 0.3) is 0 Å². The maximum atomic E-state index is 12.0. The second kappa shape index (κ2) is 7.09. The molecule has 3 N–H and O–H groups in total. The van der Waals surface area contributed by atoms with E-state index in [1.54, 1.807) is 4.90 Å². The summed E-state index contributed by atoms with van der Waals surface area (Å²) >= 11 is 6.10. The highest BCUT2D eigenvalue weighted by Gasteiger charge is 2.20. The Balaban J connectivity index is 1.71. The molecular weight excluding hydrogens is 330 g/mol. The first kappa shape index (κ1) is 16.6. The minimum Gasteiger partial charge on any atom is -0.449 e. The molecule has 1 amide bonds. The number of H-pyrrole nitrogens is 1. The highest BCUT2D eigenvalue weighted by atomic mass is 35.5. The summed E-state index contributed by atoms with van der Waals surface area (Å²) < 4.78 is 5.24. The number of fused-ring (bicyclic) bond motifs is 1. The van der Waals surface area contributed by atoms with Crippen LogP contribution in [0.25, 0.3) is 16.6 Å². The van der Waals surface area contributed by atoms with E-state index in [-0.39, 0.29) is 12.0 Å². The second-order valence-corrected chi connectivity index (χ2v) is 6.07. The molecule has 0 saturated carbocycles. The van der Waals surface area contributed by atoms with Gasteiger partial charge in [-0.1, -0.05) is 31.0 Å². The number of amides is 1. The molecule has 0 unspecified atom stereocenters. The summed E-state index contributed by atoms with van der Waals surface area (Å²) in [6.07, 6.45) is 4.39. The summed E-state index contributed by atoms with van der Waals surface area (Å²) in [7, 11) is 0. The largest absolute Gasteiger partial charge is 0.449 e. The van der Waals surface area contributed by atoms with E-state index in [1.807, 2.05) is 12.1 Å². The maximum Gasteiger partial charge on any atom is 0.410 e. The van der Waals surface area contributed by atoms with E-state index in [0.29, 0.717) is 30.5 Å². The average molecular weight is 350 g/mol. The van der Waals surface area contributed by atoms with Gasteiger partial charge in [-0.25, -0.2) is 9.78 Å². The van der Waals surface area contributed by atoms with Gasteiger partial charge in [-0.05, 0) is 24.5 Å². The van der Waals surface area contributed by atoms with E-state index in [1.165, 1.54) is 0 Å². The third-order valence-electron chi connectivity index (χ3n) is 3.99. The fraction of sp³-hybridized carbons (Fsp3) is 0.438. The number of rotatable bonds is 4. The first-order valence-electron chi connectivity index (χ1n) is 8.01. The third-order valence-corrected chi connectivity index (χ3v) is 4.28. The van der Waals surface area contributed by atoms with Gasteiger partial charge in [0, 0.05) is 18.8 Å². The number of anilines is 1. The minimum absolute atomic E-state index is 0.138. The molecule has 0 bridgehead atoms. The number of nitrogen functional groups attached to an aromatic ring is 1. The Bertz CT molecular complexity index is 786. The summed E-state index contributed by atoms with van der Waals surface area (Å²) in [5.41, 5.74) is 8.26. The van der Waals surface area contributed by atoms with Crippen LogP contribution in [0.4, 0.5) is 10.7 Å². The molecule has 2 aromatic rings. The number of aromatic nitrogens is 3. The first-order valence-corrected chi connectivity index (χ1v) is 8.39. The topological polar surface area (TPSA) is 97.1 Å². The summed E-state index contributed by atoms with van der Waals surface area (Å²) in [5.74, 6) is 0.138. The predicted octanol–water partition coefficient (Wildman–Crippen LogP) is 3.22. The zero-order valence-corrected chi connectivity index (χ0v) is 14.3. The summed E-state index contributed by atoms with van der Waals surface area (Å²) in [4.78, 5) is 25.0. The molecule has 0 fully saturated rings. The Morgan fingerprint density at radius 1 is 1.50 bits per heavy atom. The molecule has 0 aromatic carbocycles. The Labute approximate surface area is 144 Å². The number of carbonyl (C=O) groups excluding carboxylic acids is 1. The molecule has 24 heavy (non-hydrogen) atoms. The van der Waals surface area contributed by atoms with Crippen LogP contribution in [-0.4, -0.2) is 45.6 Å². The SMILES string of the molecule is CCCCOC(=O)N1CC=C(c2cc3c(Cl)nc(N)nc3[nH]2)CC1. The molecule has 2 aromatic heterocycles. The molecule has 8 heteroatoms. The van der Waals surface area contributed by atoms with Gasteiger partial charge in [0.1, 0.15) is 10.8 Å². The van der Waals surface area contributed by atoms with Crippen molar-refractivity contribution in [3.8, 4) is 0 Å². The highest BCUT2D eigenvalue weighted by molar-refractivity contribution is 6.34. The van der Waals surface area contributed by atoms with Crippen LogP contribution in [0.15, 0.2) is 12.1 Å². The van der Waals surface area contributed by atoms with Crippen molar-refractivity contribution in [1.29, 1.82) is 0 Å². The molecule has 7 nitrogen and oxygen atoms in total. The summed E-state index contributed by atoms with van der Waals surface area (Å²) in [6, 6.07) is 1.91. The van der Waals surface area contributed by atoms with Crippen LogP contribution < -0.4 is 5.73 Å². The van der Waals surface area contributed by atoms with Crippen molar-refractivity contribution in [3.63, 3.8) is 0 Å². The summed E-state index contributed by atoms with van der Waals surface area (Å²) in [5, 5.41) is 1.07. The molecule has 3 heterocycles. The monoisotopic (exact) mass is 349 g/mol. The fourth-order valence-electron chi connectivity index (χ4n) is 2.64. The molecular formula is C16H20ClN5O2. The van der Waals surface area contributed by atoms with E-state index in [4.69, 9.17) is 22.1 Å². The molecule has 0 aliphatic carbocycles. The molecule has 0 atom stereocenters. The summed E-state index contributed by atoms with van der Waals surface area (Å²) in [6.45, 7) is 3.68. The predicted molar refractivity (Wildman–Crippen MR) is 93.7 cm³/mol. The van der Waals surface area contributed by atoms with Gasteiger partial charge < -0.3 is 20.4 Å². The van der Waals surface area contributed by atoms with Crippen LogP contribution in [0.3, 0.4) is 0 Å². The van der Waals surface area contributed by atoms with Gasteiger partial charge in [-0.15, -0.1) is 0 Å². The Morgan fingerprint density at radius 2 is 2.33 bits per heavy atom. The molecule has 3 rings (SSSR count). The van der Waals surface area contributed by atoms with Crippen molar-refractivity contribution in [2.75, 3.05) is 25.4 Å². The zero-order valence-electron chi connectivity index (χ0n) is 13.5. The van der Waals surface area contributed by atoms with Gasteiger partial charge in [-0.3, -0.25) is 0 Å². The second-order valence-electron chi connectivity index (χ2n) is 5.71. The van der Waals surface area contributed by atoms with Crippen molar-refractivity contribution in [2.24, 2.45) is 0 Å².